The highest BCUT2D eigenvalue weighted by Gasteiger charge is 2.21. The molecule has 0 bridgehead atoms. The Labute approximate surface area is 88.7 Å². The van der Waals surface area contributed by atoms with Crippen molar-refractivity contribution >= 4 is 12.2 Å². The maximum absolute atomic E-state index is 11.6. The van der Waals surface area contributed by atoms with Crippen molar-refractivity contribution < 1.29 is 9.59 Å². The van der Waals surface area contributed by atoms with Crippen molar-refractivity contribution in [2.24, 2.45) is 0 Å². The average molecular weight is 209 g/mol. The summed E-state index contributed by atoms with van der Waals surface area (Å²) in [6, 6.07) is 1.36. The van der Waals surface area contributed by atoms with Crippen LogP contribution in [0.2, 0.25) is 0 Å². The zero-order valence-electron chi connectivity index (χ0n) is 8.96. The third-order valence-electron chi connectivity index (χ3n) is 2.30. The van der Waals surface area contributed by atoms with Crippen LogP contribution in [0.5, 0.6) is 0 Å². The summed E-state index contributed by atoms with van der Waals surface area (Å²) in [6.07, 6.45) is 4.51. The van der Waals surface area contributed by atoms with E-state index in [-0.39, 0.29) is 5.78 Å². The van der Waals surface area contributed by atoms with E-state index in [1.54, 1.807) is 37.1 Å². The molecule has 1 heterocycles. The fourth-order valence-corrected chi connectivity index (χ4v) is 1.35. The molecule has 82 valence electrons. The second-order valence-corrected chi connectivity index (χ2v) is 3.33. The van der Waals surface area contributed by atoms with Gasteiger partial charge in [0.05, 0.1) is 6.54 Å². The van der Waals surface area contributed by atoms with Crippen LogP contribution < -0.4 is 0 Å². The second-order valence-electron chi connectivity index (χ2n) is 3.33. The quantitative estimate of drug-likeness (QED) is 0.634. The third kappa shape index (κ3) is 2.90. The van der Waals surface area contributed by atoms with E-state index in [9.17, 15) is 9.59 Å². The van der Waals surface area contributed by atoms with Gasteiger partial charge in [0, 0.05) is 25.9 Å². The van der Waals surface area contributed by atoms with E-state index < -0.39 is 6.04 Å². The van der Waals surface area contributed by atoms with Gasteiger partial charge in [0.2, 0.25) is 6.41 Å². The minimum Gasteiger partial charge on any atom is -0.336 e. The predicted octanol–water partition coefficient (Wildman–Crippen LogP) is 0.319. The monoisotopic (exact) mass is 209 g/mol. The molecular weight excluding hydrogens is 194 g/mol. The lowest BCUT2D eigenvalue weighted by atomic mass is 10.1. The van der Waals surface area contributed by atoms with Crippen LogP contribution in [0.15, 0.2) is 18.5 Å². The highest BCUT2D eigenvalue weighted by atomic mass is 16.1. The van der Waals surface area contributed by atoms with Gasteiger partial charge in [0.15, 0.2) is 5.78 Å². The van der Waals surface area contributed by atoms with Gasteiger partial charge in [-0.2, -0.15) is 5.10 Å². The fraction of sp³-hybridized carbons (Fsp3) is 0.500. The highest BCUT2D eigenvalue weighted by molar-refractivity contribution is 5.85. The molecule has 5 nitrogen and oxygen atoms in total. The van der Waals surface area contributed by atoms with Gasteiger partial charge in [0.1, 0.15) is 6.04 Å². The van der Waals surface area contributed by atoms with E-state index >= 15 is 0 Å². The number of nitrogens with zero attached hydrogens (tertiary/aromatic N) is 3. The first-order valence-electron chi connectivity index (χ1n) is 4.86. The first-order chi connectivity index (χ1) is 7.19. The van der Waals surface area contributed by atoms with E-state index in [2.05, 4.69) is 5.10 Å². The molecule has 0 aliphatic rings. The molecule has 1 rings (SSSR count). The van der Waals surface area contributed by atoms with Gasteiger partial charge in [-0.1, -0.05) is 6.92 Å². The number of likely N-dealkylation sites (N-methyl/N-ethyl adjacent to an activating group) is 1. The molecule has 0 fully saturated rings. The van der Waals surface area contributed by atoms with Crippen LogP contribution in [0, 0.1) is 0 Å². The van der Waals surface area contributed by atoms with Gasteiger partial charge in [-0.3, -0.25) is 14.3 Å². The Morgan fingerprint density at radius 2 is 2.40 bits per heavy atom. The van der Waals surface area contributed by atoms with Crippen molar-refractivity contribution in [1.82, 2.24) is 14.7 Å². The molecule has 1 aromatic rings. The highest BCUT2D eigenvalue weighted by Crippen LogP contribution is 2.02. The van der Waals surface area contributed by atoms with Crippen LogP contribution in [0.1, 0.15) is 13.3 Å². The van der Waals surface area contributed by atoms with Crippen LogP contribution >= 0.6 is 0 Å². The van der Waals surface area contributed by atoms with Crippen LogP contribution in [-0.2, 0) is 16.1 Å². The molecule has 0 N–H and O–H groups in total. The van der Waals surface area contributed by atoms with Crippen LogP contribution in [0.3, 0.4) is 0 Å². The number of ketones is 1. The Balaban J connectivity index is 2.73. The predicted molar refractivity (Wildman–Crippen MR) is 55.1 cm³/mol. The molecule has 0 unspecified atom stereocenters. The summed E-state index contributed by atoms with van der Waals surface area (Å²) in [5, 5.41) is 4.01. The smallest absolute Gasteiger partial charge is 0.210 e. The molecule has 0 saturated heterocycles. The number of carbonyl (C=O) groups is 2. The number of hydrogen-bond donors (Lipinski definition) is 0. The van der Waals surface area contributed by atoms with Gasteiger partial charge in [-0.05, 0) is 6.07 Å². The first-order valence-corrected chi connectivity index (χ1v) is 4.86. The number of rotatable bonds is 6. The molecule has 0 aromatic carbocycles. The van der Waals surface area contributed by atoms with E-state index in [0.717, 1.165) is 0 Å². The van der Waals surface area contributed by atoms with E-state index in [1.165, 1.54) is 4.90 Å². The molecule has 0 spiro atoms. The largest absolute Gasteiger partial charge is 0.336 e. The van der Waals surface area contributed by atoms with Crippen LogP contribution in [0.4, 0.5) is 0 Å². The number of Topliss-reactive ketones (excluding diaryl/α,β-unsaturated/α-hetero) is 1. The summed E-state index contributed by atoms with van der Waals surface area (Å²) < 4.78 is 1.65. The summed E-state index contributed by atoms with van der Waals surface area (Å²) in [7, 11) is 1.61. The Kier molecular flexibility index (Phi) is 4.03. The lowest BCUT2D eigenvalue weighted by Crippen LogP contribution is -2.40. The summed E-state index contributed by atoms with van der Waals surface area (Å²) in [5.41, 5.74) is 0. The fourth-order valence-electron chi connectivity index (χ4n) is 1.35. The molecular formula is C10H15N3O2. The standard InChI is InChI=1S/C10H15N3O2/c1-3-10(15)9(12(2)8-14)7-13-6-4-5-11-13/h4-6,8-9H,3,7H2,1-2H3/t9-/m0/s1. The molecule has 1 aromatic heterocycles. The van der Waals surface area contributed by atoms with Crippen molar-refractivity contribution in [2.75, 3.05) is 7.05 Å². The molecule has 5 heteroatoms. The van der Waals surface area contributed by atoms with Gasteiger partial charge >= 0.3 is 0 Å². The second kappa shape index (κ2) is 5.29. The van der Waals surface area contributed by atoms with Crippen molar-refractivity contribution in [3.63, 3.8) is 0 Å². The molecule has 1 amide bonds. The molecule has 0 saturated carbocycles. The molecule has 0 aliphatic carbocycles. The Morgan fingerprint density at radius 3 is 2.87 bits per heavy atom. The summed E-state index contributed by atoms with van der Waals surface area (Å²) in [6.45, 7) is 2.20. The zero-order valence-corrected chi connectivity index (χ0v) is 8.96. The zero-order chi connectivity index (χ0) is 11.3. The number of hydrogen-bond acceptors (Lipinski definition) is 3. The maximum atomic E-state index is 11.6. The topological polar surface area (TPSA) is 55.2 Å². The molecule has 1 atom stereocenters. The Bertz CT molecular complexity index is 321. The molecule has 0 aliphatic heterocycles. The van der Waals surface area contributed by atoms with Crippen molar-refractivity contribution in [3.05, 3.63) is 18.5 Å². The normalized spacial score (nSPS) is 12.1. The van der Waals surface area contributed by atoms with E-state index in [1.807, 2.05) is 0 Å². The van der Waals surface area contributed by atoms with Crippen LogP contribution in [-0.4, -0.2) is 40.0 Å². The summed E-state index contributed by atoms with van der Waals surface area (Å²) in [4.78, 5) is 23.6. The minimum atomic E-state index is -0.424. The number of carbonyl (C=O) groups excluding carboxylic acids is 2. The van der Waals surface area contributed by atoms with Gasteiger partial charge < -0.3 is 4.90 Å². The summed E-state index contributed by atoms with van der Waals surface area (Å²) >= 11 is 0. The third-order valence-corrected chi connectivity index (χ3v) is 2.30. The van der Waals surface area contributed by atoms with Gasteiger partial charge in [-0.25, -0.2) is 0 Å². The van der Waals surface area contributed by atoms with Crippen molar-refractivity contribution in [1.29, 1.82) is 0 Å². The van der Waals surface area contributed by atoms with Gasteiger partial charge in [0.25, 0.3) is 0 Å². The lowest BCUT2D eigenvalue weighted by molar-refractivity contribution is -0.130. The molecule has 0 radical (unpaired) electrons. The SMILES string of the molecule is CCC(=O)[C@H](Cn1cccn1)N(C)C=O. The lowest BCUT2D eigenvalue weighted by Gasteiger charge is -2.22. The van der Waals surface area contributed by atoms with Crippen LogP contribution in [0.25, 0.3) is 0 Å². The summed E-state index contributed by atoms with van der Waals surface area (Å²) in [5.74, 6) is 0.0418. The number of aromatic nitrogens is 2. The van der Waals surface area contributed by atoms with Crippen molar-refractivity contribution in [3.8, 4) is 0 Å². The Morgan fingerprint density at radius 1 is 1.67 bits per heavy atom. The maximum Gasteiger partial charge on any atom is 0.210 e. The van der Waals surface area contributed by atoms with E-state index in [0.29, 0.717) is 19.4 Å². The number of amides is 1. The average Bonchev–Trinajstić information content (AvgIpc) is 2.76. The van der Waals surface area contributed by atoms with E-state index in [4.69, 9.17) is 0 Å². The first kappa shape index (κ1) is 11.4. The van der Waals surface area contributed by atoms with Crippen molar-refractivity contribution in [2.45, 2.75) is 25.9 Å². The minimum absolute atomic E-state index is 0.0418. The molecule has 15 heavy (non-hydrogen) atoms. The Hall–Kier alpha value is -1.65. The van der Waals surface area contributed by atoms with Gasteiger partial charge in [-0.15, -0.1) is 0 Å².